The first kappa shape index (κ1) is 70.1. The van der Waals surface area contributed by atoms with Gasteiger partial charge < -0.3 is 14.2 Å². The molecular weight excluding hydrogens is 885 g/mol. The lowest BCUT2D eigenvalue weighted by atomic mass is 10.0. The van der Waals surface area contributed by atoms with E-state index in [0.29, 0.717) is 26.1 Å². The molecule has 0 saturated heterocycles. The van der Waals surface area contributed by atoms with Crippen molar-refractivity contribution in [2.75, 3.05) is 19.8 Å². The number of esters is 2. The molecule has 1 atom stereocenters. The van der Waals surface area contributed by atoms with Crippen LogP contribution in [0.5, 0.6) is 0 Å². The number of hydrogen-bond acceptors (Lipinski definition) is 5. The van der Waals surface area contributed by atoms with Crippen LogP contribution in [-0.2, 0) is 23.8 Å². The molecule has 0 aliphatic heterocycles. The number of rotatable bonds is 61. The van der Waals surface area contributed by atoms with Crippen molar-refractivity contribution in [2.45, 2.75) is 361 Å². The second-order valence-electron chi connectivity index (χ2n) is 22.0. The quantitative estimate of drug-likeness (QED) is 0.0345. The summed E-state index contributed by atoms with van der Waals surface area (Å²) in [6.45, 7) is 7.88. The number of ether oxygens (including phenoxy) is 3. The van der Waals surface area contributed by atoms with Gasteiger partial charge in [-0.25, -0.2) is 0 Å². The van der Waals surface area contributed by atoms with Crippen molar-refractivity contribution in [3.8, 4) is 0 Å². The minimum absolute atomic E-state index is 0.0891. The first-order valence-corrected chi connectivity index (χ1v) is 32.5. The monoisotopic (exact) mass is 1010 g/mol. The zero-order chi connectivity index (χ0) is 52.0. The van der Waals surface area contributed by atoms with Crippen LogP contribution < -0.4 is 0 Å². The van der Waals surface area contributed by atoms with Gasteiger partial charge in [0.2, 0.25) is 0 Å². The third kappa shape index (κ3) is 60.7. The maximum atomic E-state index is 12.9. The standard InChI is InChI=1S/C67H126O5/c1-4-7-10-13-16-19-22-25-28-31-33-34-36-38-40-43-46-49-52-55-58-61-67(69)72-65(63-70-62-59-56-53-50-47-44-41-30-27-24-21-18-15-12-9-6-3)64-71-66(68)60-57-54-51-48-45-42-39-37-35-32-29-26-23-20-17-14-11-8-5-2/h17,20,25-26,28-29,65H,4-16,18-19,21-24,27,30-64H2,1-3H3/b20-17-,28-25-,29-26-/t65-/m1/s1. The van der Waals surface area contributed by atoms with Crippen LogP contribution in [0.15, 0.2) is 36.5 Å². The minimum Gasteiger partial charge on any atom is -0.462 e. The Labute approximate surface area is 450 Å². The zero-order valence-corrected chi connectivity index (χ0v) is 49.0. The fraction of sp³-hybridized carbons (Fsp3) is 0.881. The van der Waals surface area contributed by atoms with Crippen molar-refractivity contribution in [3.63, 3.8) is 0 Å². The summed E-state index contributed by atoms with van der Waals surface area (Å²) in [5.41, 5.74) is 0. The number of allylic oxidation sites excluding steroid dienone is 6. The number of unbranched alkanes of at least 4 members (excludes halogenated alkanes) is 44. The summed E-state index contributed by atoms with van der Waals surface area (Å²) >= 11 is 0. The third-order valence-corrected chi connectivity index (χ3v) is 14.6. The fourth-order valence-corrected chi connectivity index (χ4v) is 9.77. The first-order chi connectivity index (χ1) is 35.6. The molecule has 0 aliphatic rings. The largest absolute Gasteiger partial charge is 0.462 e. The molecule has 0 radical (unpaired) electrons. The van der Waals surface area contributed by atoms with Gasteiger partial charge >= 0.3 is 11.9 Å². The van der Waals surface area contributed by atoms with Crippen LogP contribution in [-0.4, -0.2) is 37.9 Å². The van der Waals surface area contributed by atoms with E-state index < -0.39 is 6.10 Å². The molecule has 0 fully saturated rings. The van der Waals surface area contributed by atoms with E-state index in [9.17, 15) is 9.59 Å². The minimum atomic E-state index is -0.535. The Morgan fingerprint density at radius 2 is 0.583 bits per heavy atom. The van der Waals surface area contributed by atoms with Crippen molar-refractivity contribution in [3.05, 3.63) is 36.5 Å². The Morgan fingerprint density at radius 3 is 0.958 bits per heavy atom. The van der Waals surface area contributed by atoms with Gasteiger partial charge in [0.15, 0.2) is 6.10 Å². The number of hydrogen-bond donors (Lipinski definition) is 0. The van der Waals surface area contributed by atoms with Crippen LogP contribution in [0.1, 0.15) is 355 Å². The Kier molecular flexibility index (Phi) is 61.8. The highest BCUT2D eigenvalue weighted by Crippen LogP contribution is 2.17. The van der Waals surface area contributed by atoms with Gasteiger partial charge in [-0.1, -0.05) is 301 Å². The van der Waals surface area contributed by atoms with Crippen molar-refractivity contribution >= 4 is 11.9 Å². The molecule has 5 heteroatoms. The van der Waals surface area contributed by atoms with Gasteiger partial charge in [0.25, 0.3) is 0 Å². The predicted octanol–water partition coefficient (Wildman–Crippen LogP) is 22.5. The van der Waals surface area contributed by atoms with E-state index in [2.05, 4.69) is 57.2 Å². The summed E-state index contributed by atoms with van der Waals surface area (Å²) in [6.07, 6.45) is 79.0. The van der Waals surface area contributed by atoms with Crippen LogP contribution >= 0.6 is 0 Å². The molecule has 0 aromatic heterocycles. The van der Waals surface area contributed by atoms with Crippen LogP contribution in [0.2, 0.25) is 0 Å². The number of carbonyl (C=O) groups excluding carboxylic acids is 2. The topological polar surface area (TPSA) is 61.8 Å². The lowest BCUT2D eigenvalue weighted by Gasteiger charge is -2.18. The molecule has 0 aromatic carbocycles. The molecule has 0 saturated carbocycles. The molecule has 5 nitrogen and oxygen atoms in total. The molecule has 0 bridgehead atoms. The molecule has 0 aromatic rings. The van der Waals surface area contributed by atoms with Gasteiger partial charge in [0.1, 0.15) is 6.61 Å². The average molecular weight is 1010 g/mol. The molecule has 0 rings (SSSR count). The van der Waals surface area contributed by atoms with Crippen LogP contribution in [0.4, 0.5) is 0 Å². The summed E-state index contributed by atoms with van der Waals surface area (Å²) in [4.78, 5) is 25.6. The van der Waals surface area contributed by atoms with Crippen molar-refractivity contribution in [1.82, 2.24) is 0 Å². The van der Waals surface area contributed by atoms with Gasteiger partial charge in [-0.05, 0) is 77.0 Å². The SMILES string of the molecule is CCCCC/C=C\C/C=C\CCCCCCCCCCCC(=O)OC[C@@H](COCCCCCCCCCCCCCCCCCC)OC(=O)CCCCCCCCCCCCC/C=C\CCCCCCCC. The van der Waals surface area contributed by atoms with Crippen molar-refractivity contribution < 1.29 is 23.8 Å². The molecular formula is C67H126O5. The second-order valence-corrected chi connectivity index (χ2v) is 22.0. The molecule has 0 amide bonds. The average Bonchev–Trinajstić information content (AvgIpc) is 3.38. The Hall–Kier alpha value is -1.88. The van der Waals surface area contributed by atoms with Gasteiger partial charge in [-0.2, -0.15) is 0 Å². The highest BCUT2D eigenvalue weighted by Gasteiger charge is 2.18. The lowest BCUT2D eigenvalue weighted by Crippen LogP contribution is -2.30. The number of carbonyl (C=O) groups is 2. The fourth-order valence-electron chi connectivity index (χ4n) is 9.77. The summed E-state index contributed by atoms with van der Waals surface area (Å²) in [5, 5.41) is 0. The molecule has 0 heterocycles. The molecule has 72 heavy (non-hydrogen) atoms. The lowest BCUT2D eigenvalue weighted by molar-refractivity contribution is -0.163. The van der Waals surface area contributed by atoms with E-state index in [-0.39, 0.29) is 18.5 Å². The Balaban J connectivity index is 4.22. The smallest absolute Gasteiger partial charge is 0.306 e. The van der Waals surface area contributed by atoms with E-state index in [4.69, 9.17) is 14.2 Å². The Bertz CT molecular complexity index is 1140. The highest BCUT2D eigenvalue weighted by atomic mass is 16.6. The Morgan fingerprint density at radius 1 is 0.306 bits per heavy atom. The van der Waals surface area contributed by atoms with Crippen LogP contribution in [0.25, 0.3) is 0 Å². The molecule has 0 unspecified atom stereocenters. The van der Waals surface area contributed by atoms with Gasteiger partial charge in [0.05, 0.1) is 6.61 Å². The highest BCUT2D eigenvalue weighted by molar-refractivity contribution is 5.70. The van der Waals surface area contributed by atoms with E-state index in [1.54, 1.807) is 0 Å². The predicted molar refractivity (Wildman–Crippen MR) is 316 cm³/mol. The summed E-state index contributed by atoms with van der Waals surface area (Å²) < 4.78 is 17.6. The van der Waals surface area contributed by atoms with Gasteiger partial charge in [-0.15, -0.1) is 0 Å². The second kappa shape index (κ2) is 63.4. The molecule has 424 valence electrons. The summed E-state index contributed by atoms with van der Waals surface area (Å²) in [7, 11) is 0. The van der Waals surface area contributed by atoms with E-state index >= 15 is 0 Å². The van der Waals surface area contributed by atoms with Crippen molar-refractivity contribution in [2.24, 2.45) is 0 Å². The maximum absolute atomic E-state index is 12.9. The van der Waals surface area contributed by atoms with Crippen LogP contribution in [0.3, 0.4) is 0 Å². The maximum Gasteiger partial charge on any atom is 0.306 e. The zero-order valence-electron chi connectivity index (χ0n) is 49.0. The van der Waals surface area contributed by atoms with Crippen LogP contribution in [0, 0.1) is 0 Å². The molecule has 0 aliphatic carbocycles. The first-order valence-electron chi connectivity index (χ1n) is 32.5. The molecule has 0 spiro atoms. The normalized spacial score (nSPS) is 12.3. The third-order valence-electron chi connectivity index (χ3n) is 14.6. The van der Waals surface area contributed by atoms with E-state index in [1.807, 2.05) is 0 Å². The van der Waals surface area contributed by atoms with Gasteiger partial charge in [0, 0.05) is 19.4 Å². The van der Waals surface area contributed by atoms with E-state index in [0.717, 1.165) is 38.5 Å². The summed E-state index contributed by atoms with van der Waals surface area (Å²) in [6, 6.07) is 0. The van der Waals surface area contributed by atoms with Gasteiger partial charge in [-0.3, -0.25) is 9.59 Å². The van der Waals surface area contributed by atoms with Crippen molar-refractivity contribution in [1.29, 1.82) is 0 Å². The summed E-state index contributed by atoms with van der Waals surface area (Å²) in [5.74, 6) is -0.378. The van der Waals surface area contributed by atoms with E-state index in [1.165, 1.54) is 283 Å². The molecule has 0 N–H and O–H groups in total.